The monoisotopic (exact) mass is 241 g/mol. The van der Waals surface area contributed by atoms with Crippen molar-refractivity contribution in [2.45, 2.75) is 78.5 Å². The fraction of sp³-hybridized carbons (Fsp3) is 1.00. The van der Waals surface area contributed by atoms with Crippen LogP contribution in [-0.2, 0) is 4.74 Å². The van der Waals surface area contributed by atoms with Crippen LogP contribution in [0, 0.1) is 11.8 Å². The molecule has 0 aromatic heterocycles. The van der Waals surface area contributed by atoms with E-state index in [2.05, 4.69) is 46.9 Å². The van der Waals surface area contributed by atoms with Crippen LogP contribution in [-0.4, -0.2) is 24.3 Å². The zero-order valence-corrected chi connectivity index (χ0v) is 12.5. The molecule has 1 N–H and O–H groups in total. The molecule has 1 rings (SSSR count). The Kier molecular flexibility index (Phi) is 5.46. The van der Waals surface area contributed by atoms with Crippen molar-refractivity contribution in [1.82, 2.24) is 5.32 Å². The molecular weight excluding hydrogens is 210 g/mol. The molecule has 0 aromatic carbocycles. The van der Waals surface area contributed by atoms with Gasteiger partial charge in [-0.2, -0.15) is 0 Å². The van der Waals surface area contributed by atoms with Crippen LogP contribution in [0.2, 0.25) is 0 Å². The molecule has 0 saturated carbocycles. The summed E-state index contributed by atoms with van der Waals surface area (Å²) in [4.78, 5) is 0. The smallest absolute Gasteiger partial charge is 0.0733 e. The first kappa shape index (κ1) is 15.0. The minimum atomic E-state index is 0.251. The quantitative estimate of drug-likeness (QED) is 0.812. The van der Waals surface area contributed by atoms with Crippen molar-refractivity contribution in [3.8, 4) is 0 Å². The molecule has 1 aliphatic heterocycles. The molecule has 1 fully saturated rings. The topological polar surface area (TPSA) is 21.3 Å². The minimum Gasteiger partial charge on any atom is -0.377 e. The first-order chi connectivity index (χ1) is 7.88. The summed E-state index contributed by atoms with van der Waals surface area (Å²) in [5.41, 5.74) is 0.251. The van der Waals surface area contributed by atoms with Gasteiger partial charge in [0.2, 0.25) is 0 Å². The second kappa shape index (κ2) is 6.19. The SMILES string of the molecule is CCC1(C)CCOC(CC(C)C)C(C(C)C)N1. The average Bonchev–Trinajstić information content (AvgIpc) is 2.39. The molecule has 17 heavy (non-hydrogen) atoms. The van der Waals surface area contributed by atoms with Gasteiger partial charge >= 0.3 is 0 Å². The van der Waals surface area contributed by atoms with Crippen LogP contribution >= 0.6 is 0 Å². The van der Waals surface area contributed by atoms with Gasteiger partial charge in [-0.1, -0.05) is 34.6 Å². The van der Waals surface area contributed by atoms with Gasteiger partial charge in [0.05, 0.1) is 6.10 Å². The van der Waals surface area contributed by atoms with Crippen molar-refractivity contribution in [2.24, 2.45) is 11.8 Å². The van der Waals surface area contributed by atoms with E-state index in [0.717, 1.165) is 19.4 Å². The standard InChI is InChI=1S/C15H31NO/c1-7-15(6)8-9-17-13(10-11(2)3)14(16-15)12(4)5/h11-14,16H,7-10H2,1-6H3. The van der Waals surface area contributed by atoms with E-state index in [1.165, 1.54) is 6.42 Å². The van der Waals surface area contributed by atoms with Crippen LogP contribution in [0.4, 0.5) is 0 Å². The van der Waals surface area contributed by atoms with Crippen LogP contribution in [0.15, 0.2) is 0 Å². The lowest BCUT2D eigenvalue weighted by atomic mass is 9.88. The van der Waals surface area contributed by atoms with Crippen LogP contribution in [0.1, 0.15) is 60.8 Å². The van der Waals surface area contributed by atoms with Gasteiger partial charge in [0, 0.05) is 18.2 Å². The highest BCUT2D eigenvalue weighted by atomic mass is 16.5. The number of hydrogen-bond donors (Lipinski definition) is 1. The maximum Gasteiger partial charge on any atom is 0.0733 e. The van der Waals surface area contributed by atoms with E-state index >= 15 is 0 Å². The van der Waals surface area contributed by atoms with Crippen LogP contribution in [0.5, 0.6) is 0 Å². The summed E-state index contributed by atoms with van der Waals surface area (Å²) in [7, 11) is 0. The summed E-state index contributed by atoms with van der Waals surface area (Å²) in [6.45, 7) is 14.7. The lowest BCUT2D eigenvalue weighted by Gasteiger charge is -2.36. The Balaban J connectivity index is 2.77. The van der Waals surface area contributed by atoms with Crippen molar-refractivity contribution in [2.75, 3.05) is 6.61 Å². The van der Waals surface area contributed by atoms with Crippen LogP contribution in [0.3, 0.4) is 0 Å². The summed E-state index contributed by atoms with van der Waals surface area (Å²) in [5, 5.41) is 3.87. The molecule has 0 radical (unpaired) electrons. The Bertz CT molecular complexity index is 227. The lowest BCUT2D eigenvalue weighted by molar-refractivity contribution is 0.0181. The zero-order chi connectivity index (χ0) is 13.1. The van der Waals surface area contributed by atoms with E-state index in [4.69, 9.17) is 4.74 Å². The lowest BCUT2D eigenvalue weighted by Crippen LogP contribution is -2.53. The summed E-state index contributed by atoms with van der Waals surface area (Å²) in [5.74, 6) is 1.33. The number of ether oxygens (including phenoxy) is 1. The predicted molar refractivity (Wildman–Crippen MR) is 74.3 cm³/mol. The Morgan fingerprint density at radius 1 is 1.29 bits per heavy atom. The minimum absolute atomic E-state index is 0.251. The van der Waals surface area contributed by atoms with E-state index < -0.39 is 0 Å². The third kappa shape index (κ3) is 4.26. The normalized spacial score (nSPS) is 35.3. The summed E-state index contributed by atoms with van der Waals surface area (Å²) < 4.78 is 6.12. The molecule has 1 heterocycles. The molecule has 1 saturated heterocycles. The molecule has 3 unspecified atom stereocenters. The van der Waals surface area contributed by atoms with Gasteiger partial charge in [0.1, 0.15) is 0 Å². The van der Waals surface area contributed by atoms with Crippen LogP contribution in [0.25, 0.3) is 0 Å². The van der Waals surface area contributed by atoms with E-state index in [1.54, 1.807) is 0 Å². The molecule has 1 aliphatic rings. The Labute approximate surface area is 108 Å². The second-order valence-corrected chi connectivity index (χ2v) is 6.62. The van der Waals surface area contributed by atoms with Crippen molar-refractivity contribution in [3.05, 3.63) is 0 Å². The summed E-state index contributed by atoms with van der Waals surface area (Å²) in [6, 6.07) is 0.491. The molecule has 102 valence electrons. The Hall–Kier alpha value is -0.0800. The third-order valence-electron chi connectivity index (χ3n) is 4.10. The fourth-order valence-corrected chi connectivity index (χ4v) is 2.66. The van der Waals surface area contributed by atoms with Crippen molar-refractivity contribution >= 4 is 0 Å². The van der Waals surface area contributed by atoms with E-state index in [9.17, 15) is 0 Å². The van der Waals surface area contributed by atoms with E-state index in [-0.39, 0.29) is 5.54 Å². The average molecular weight is 241 g/mol. The zero-order valence-electron chi connectivity index (χ0n) is 12.5. The van der Waals surface area contributed by atoms with Gasteiger partial charge in [-0.3, -0.25) is 0 Å². The largest absolute Gasteiger partial charge is 0.377 e. The maximum absolute atomic E-state index is 6.12. The highest BCUT2D eigenvalue weighted by Gasteiger charge is 2.35. The fourth-order valence-electron chi connectivity index (χ4n) is 2.66. The molecule has 0 aliphatic carbocycles. The number of nitrogens with one attached hydrogen (secondary N) is 1. The van der Waals surface area contributed by atoms with Gasteiger partial charge in [0.15, 0.2) is 0 Å². The third-order valence-corrected chi connectivity index (χ3v) is 4.10. The molecule has 3 atom stereocenters. The molecule has 2 heteroatoms. The Morgan fingerprint density at radius 2 is 1.94 bits per heavy atom. The van der Waals surface area contributed by atoms with Crippen molar-refractivity contribution < 1.29 is 4.74 Å². The predicted octanol–water partition coefficient (Wildman–Crippen LogP) is 3.60. The Morgan fingerprint density at radius 3 is 2.41 bits per heavy atom. The molecule has 0 spiro atoms. The summed E-state index contributed by atoms with van der Waals surface area (Å²) in [6.07, 6.45) is 3.84. The van der Waals surface area contributed by atoms with E-state index in [1.807, 2.05) is 0 Å². The first-order valence-corrected chi connectivity index (χ1v) is 7.27. The van der Waals surface area contributed by atoms with Crippen LogP contribution < -0.4 is 5.32 Å². The number of rotatable bonds is 4. The molecule has 2 nitrogen and oxygen atoms in total. The summed E-state index contributed by atoms with van der Waals surface area (Å²) >= 11 is 0. The van der Waals surface area contributed by atoms with Crippen molar-refractivity contribution in [1.29, 1.82) is 0 Å². The molecule has 0 aromatic rings. The molecular formula is C15H31NO. The van der Waals surface area contributed by atoms with Gasteiger partial charge in [-0.25, -0.2) is 0 Å². The molecule has 0 bridgehead atoms. The molecule has 0 amide bonds. The second-order valence-electron chi connectivity index (χ2n) is 6.62. The first-order valence-electron chi connectivity index (χ1n) is 7.27. The van der Waals surface area contributed by atoms with Gasteiger partial charge in [-0.05, 0) is 38.0 Å². The highest BCUT2D eigenvalue weighted by Crippen LogP contribution is 2.27. The maximum atomic E-state index is 6.12. The highest BCUT2D eigenvalue weighted by molar-refractivity contribution is 4.93. The number of hydrogen-bond acceptors (Lipinski definition) is 2. The van der Waals surface area contributed by atoms with Gasteiger partial charge in [0.25, 0.3) is 0 Å². The van der Waals surface area contributed by atoms with Gasteiger partial charge in [-0.15, -0.1) is 0 Å². The van der Waals surface area contributed by atoms with E-state index in [0.29, 0.717) is 24.0 Å². The van der Waals surface area contributed by atoms with Gasteiger partial charge < -0.3 is 10.1 Å². The van der Waals surface area contributed by atoms with Crippen molar-refractivity contribution in [3.63, 3.8) is 0 Å².